The molecule has 1 N–H and O–H groups in total. The lowest BCUT2D eigenvalue weighted by Crippen LogP contribution is -2.00. The van der Waals surface area contributed by atoms with Crippen molar-refractivity contribution < 1.29 is 13.5 Å². The minimum atomic E-state index is -3.03. The van der Waals surface area contributed by atoms with Gasteiger partial charge in [0.25, 0.3) is 0 Å². The van der Waals surface area contributed by atoms with Crippen molar-refractivity contribution in [1.82, 2.24) is 4.98 Å². The van der Waals surface area contributed by atoms with E-state index in [9.17, 15) is 8.42 Å². The van der Waals surface area contributed by atoms with E-state index in [1.54, 1.807) is 0 Å². The summed E-state index contributed by atoms with van der Waals surface area (Å²) >= 11 is 1.31. The number of nitrogens with zero attached hydrogens (tertiary/aromatic N) is 1. The van der Waals surface area contributed by atoms with Gasteiger partial charge in [0.2, 0.25) is 0 Å². The molecule has 1 aromatic rings. The molecule has 0 spiro atoms. The van der Waals surface area contributed by atoms with Gasteiger partial charge in [-0.15, -0.1) is 11.3 Å². The smallest absolute Gasteiger partial charge is 0.153 e. The Morgan fingerprint density at radius 1 is 1.53 bits per heavy atom. The third-order valence-corrected chi connectivity index (χ3v) is 4.30. The number of aliphatic hydroxyl groups excluding tert-OH is 1. The van der Waals surface area contributed by atoms with Crippen LogP contribution in [0.3, 0.4) is 0 Å². The maximum absolute atomic E-state index is 11.1. The fourth-order valence-electron chi connectivity index (χ4n) is 1.49. The number of rotatable bonds is 4. The molecule has 0 saturated heterocycles. The maximum Gasteiger partial charge on any atom is 0.153 e. The number of aliphatic hydroxyl groups is 1. The molecule has 0 atom stereocenters. The Labute approximate surface area is 92.9 Å². The minimum absolute atomic E-state index is 0.0165. The van der Waals surface area contributed by atoms with Gasteiger partial charge in [-0.1, -0.05) is 0 Å². The molecule has 0 aromatic carbocycles. The predicted molar refractivity (Wildman–Crippen MR) is 58.6 cm³/mol. The van der Waals surface area contributed by atoms with E-state index in [0.29, 0.717) is 10.9 Å². The van der Waals surface area contributed by atoms with E-state index in [1.807, 2.05) is 0 Å². The van der Waals surface area contributed by atoms with Crippen LogP contribution in [-0.4, -0.2) is 24.8 Å². The molecular weight excluding hydrogens is 234 g/mol. The van der Waals surface area contributed by atoms with Gasteiger partial charge in [-0.2, -0.15) is 0 Å². The van der Waals surface area contributed by atoms with E-state index in [0.717, 1.165) is 23.4 Å². The normalized spacial score (nSPS) is 16.9. The van der Waals surface area contributed by atoms with Crippen LogP contribution in [-0.2, 0) is 22.2 Å². The van der Waals surface area contributed by atoms with Gasteiger partial charge in [-0.05, 0) is 12.8 Å². The van der Waals surface area contributed by atoms with Crippen molar-refractivity contribution in [2.75, 3.05) is 6.26 Å². The molecule has 1 aromatic heterocycles. The van der Waals surface area contributed by atoms with Gasteiger partial charge in [-0.25, -0.2) is 13.4 Å². The Kier molecular flexibility index (Phi) is 2.83. The van der Waals surface area contributed by atoms with Crippen molar-refractivity contribution in [3.63, 3.8) is 0 Å². The molecular formula is C9H13NO3S2. The van der Waals surface area contributed by atoms with Gasteiger partial charge < -0.3 is 5.11 Å². The number of aromatic nitrogens is 1. The highest BCUT2D eigenvalue weighted by Crippen LogP contribution is 2.42. The van der Waals surface area contributed by atoms with Gasteiger partial charge >= 0.3 is 0 Å². The number of sulfone groups is 1. The third-order valence-electron chi connectivity index (χ3n) is 2.27. The molecule has 0 radical (unpaired) electrons. The predicted octanol–water partition coefficient (Wildman–Crippen LogP) is 1.06. The highest BCUT2D eigenvalue weighted by molar-refractivity contribution is 7.90. The topological polar surface area (TPSA) is 67.3 Å². The van der Waals surface area contributed by atoms with Crippen molar-refractivity contribution in [3.05, 3.63) is 15.6 Å². The second-order valence-corrected chi connectivity index (χ2v) is 7.23. The zero-order valence-electron chi connectivity index (χ0n) is 8.43. The first-order valence-corrected chi connectivity index (χ1v) is 7.64. The van der Waals surface area contributed by atoms with Crippen molar-refractivity contribution in [2.24, 2.45) is 0 Å². The van der Waals surface area contributed by atoms with Gasteiger partial charge in [0, 0.05) is 12.2 Å². The summed E-state index contributed by atoms with van der Waals surface area (Å²) in [5, 5.41) is 9.73. The number of hydrogen-bond donors (Lipinski definition) is 1. The largest absolute Gasteiger partial charge is 0.391 e. The molecule has 84 valence electrons. The summed E-state index contributed by atoms with van der Waals surface area (Å²) in [6.07, 6.45) is 3.41. The number of hydrogen-bond acceptors (Lipinski definition) is 5. The van der Waals surface area contributed by atoms with Crippen LogP contribution >= 0.6 is 11.3 Å². The van der Waals surface area contributed by atoms with Gasteiger partial charge in [0.15, 0.2) is 9.84 Å². The van der Waals surface area contributed by atoms with Gasteiger partial charge in [0.1, 0.15) is 10.8 Å². The third kappa shape index (κ3) is 2.76. The Bertz CT molecular complexity index is 460. The first-order chi connectivity index (χ1) is 6.99. The molecule has 0 unspecified atom stereocenters. The summed E-state index contributed by atoms with van der Waals surface area (Å²) in [6, 6.07) is 0. The highest BCUT2D eigenvalue weighted by atomic mass is 32.2. The first kappa shape index (κ1) is 11.0. The van der Waals surface area contributed by atoms with Crippen LogP contribution < -0.4 is 0 Å². The first-order valence-electron chi connectivity index (χ1n) is 4.76. The maximum atomic E-state index is 11.1. The average molecular weight is 247 g/mol. The van der Waals surface area contributed by atoms with E-state index < -0.39 is 9.84 Å². The second-order valence-electron chi connectivity index (χ2n) is 3.92. The molecule has 4 nitrogen and oxygen atoms in total. The second kappa shape index (κ2) is 3.84. The minimum Gasteiger partial charge on any atom is -0.391 e. The Hall–Kier alpha value is -0.460. The van der Waals surface area contributed by atoms with E-state index in [4.69, 9.17) is 5.11 Å². The van der Waals surface area contributed by atoms with Gasteiger partial charge in [-0.3, -0.25) is 0 Å². The van der Waals surface area contributed by atoms with Crippen LogP contribution in [0.15, 0.2) is 0 Å². The van der Waals surface area contributed by atoms with Crippen molar-refractivity contribution in [1.29, 1.82) is 0 Å². The van der Waals surface area contributed by atoms with E-state index in [2.05, 4.69) is 4.98 Å². The molecule has 0 amide bonds. The molecule has 2 rings (SSSR count). The zero-order chi connectivity index (χ0) is 11.1. The molecule has 15 heavy (non-hydrogen) atoms. The molecule has 6 heteroatoms. The van der Waals surface area contributed by atoms with Crippen LogP contribution in [0.1, 0.15) is 34.3 Å². The average Bonchev–Trinajstić information content (AvgIpc) is 2.86. The quantitative estimate of drug-likeness (QED) is 0.864. The fraction of sp³-hybridized carbons (Fsp3) is 0.667. The summed E-state index contributed by atoms with van der Waals surface area (Å²) in [4.78, 5) is 5.14. The molecule has 1 aliphatic rings. The van der Waals surface area contributed by atoms with Crippen LogP contribution in [0, 0.1) is 0 Å². The summed E-state index contributed by atoms with van der Waals surface area (Å²) in [6.45, 7) is -0.0345. The Morgan fingerprint density at radius 2 is 2.20 bits per heavy atom. The van der Waals surface area contributed by atoms with E-state index in [1.165, 1.54) is 17.6 Å². The van der Waals surface area contributed by atoms with Crippen LogP contribution in [0.4, 0.5) is 0 Å². The highest BCUT2D eigenvalue weighted by Gasteiger charge is 2.29. The van der Waals surface area contributed by atoms with E-state index in [-0.39, 0.29) is 12.4 Å². The molecule has 0 bridgehead atoms. The lowest BCUT2D eigenvalue weighted by Gasteiger charge is -1.93. The number of thiazole rings is 1. The van der Waals surface area contributed by atoms with Crippen LogP contribution in [0.2, 0.25) is 0 Å². The fourth-order valence-corrected chi connectivity index (χ4v) is 3.69. The zero-order valence-corrected chi connectivity index (χ0v) is 10.1. The Morgan fingerprint density at radius 3 is 2.67 bits per heavy atom. The van der Waals surface area contributed by atoms with E-state index >= 15 is 0 Å². The molecule has 1 saturated carbocycles. The van der Waals surface area contributed by atoms with Crippen molar-refractivity contribution in [3.8, 4) is 0 Å². The van der Waals surface area contributed by atoms with Crippen LogP contribution in [0.25, 0.3) is 0 Å². The monoisotopic (exact) mass is 247 g/mol. The summed E-state index contributed by atoms with van der Waals surface area (Å²) in [7, 11) is -3.03. The molecule has 1 aliphatic carbocycles. The lowest BCUT2D eigenvalue weighted by molar-refractivity contribution is 0.284. The SMILES string of the molecule is CS(=O)(=O)Cc1nc(C2CC2)c(CO)s1. The van der Waals surface area contributed by atoms with Crippen molar-refractivity contribution >= 4 is 21.2 Å². The summed E-state index contributed by atoms with van der Waals surface area (Å²) < 4.78 is 22.2. The molecule has 1 fully saturated rings. The lowest BCUT2D eigenvalue weighted by atomic mass is 10.2. The van der Waals surface area contributed by atoms with Crippen molar-refractivity contribution in [2.45, 2.75) is 31.1 Å². The standard InChI is InChI=1S/C9H13NO3S2/c1-15(12,13)5-8-10-9(6-2-3-6)7(4-11)14-8/h6,11H,2-5H2,1H3. The Balaban J connectivity index is 2.26. The summed E-state index contributed by atoms with van der Waals surface area (Å²) in [5.74, 6) is 0.439. The summed E-state index contributed by atoms with van der Waals surface area (Å²) in [5.41, 5.74) is 0.918. The molecule has 0 aliphatic heterocycles. The molecule has 1 heterocycles. The van der Waals surface area contributed by atoms with Gasteiger partial charge in [0.05, 0.1) is 17.2 Å². The van der Waals surface area contributed by atoms with Crippen LogP contribution in [0.5, 0.6) is 0 Å².